The molecule has 1 aliphatic heterocycles. The Labute approximate surface area is 126 Å². The zero-order valence-corrected chi connectivity index (χ0v) is 13.0. The lowest BCUT2D eigenvalue weighted by atomic mass is 9.47. The van der Waals surface area contributed by atoms with Gasteiger partial charge in [0.05, 0.1) is 18.8 Å². The van der Waals surface area contributed by atoms with E-state index in [1.807, 2.05) is 13.8 Å². The molecule has 2 aliphatic carbocycles. The van der Waals surface area contributed by atoms with Crippen molar-refractivity contribution in [1.82, 2.24) is 0 Å². The van der Waals surface area contributed by atoms with E-state index in [1.165, 1.54) is 0 Å². The van der Waals surface area contributed by atoms with E-state index >= 15 is 0 Å². The van der Waals surface area contributed by atoms with Crippen molar-refractivity contribution in [2.45, 2.75) is 58.2 Å². The number of carbonyl (C=O) groups is 1. The molecule has 0 aromatic rings. The first-order valence-electron chi connectivity index (χ1n) is 8.06. The Hall–Kier alpha value is -0.870. The number of hydrogen-bond acceptors (Lipinski definition) is 4. The molecule has 0 amide bonds. The Morgan fingerprint density at radius 2 is 1.95 bits per heavy atom. The summed E-state index contributed by atoms with van der Waals surface area (Å²) >= 11 is 0. The SMILES string of the molecule is C=C(C)C12CCC(C)C3(C(=O)OCC[C@H]3O)C1[C@@H](O)CC2. The van der Waals surface area contributed by atoms with Crippen LogP contribution in [0.15, 0.2) is 12.2 Å². The maximum Gasteiger partial charge on any atom is 0.315 e. The Morgan fingerprint density at radius 1 is 1.29 bits per heavy atom. The van der Waals surface area contributed by atoms with E-state index in [9.17, 15) is 15.0 Å². The standard InChI is InChI=1S/C17H26O4/c1-10(2)16-7-4-11(3)17(14(16)12(18)5-8-16)13(19)6-9-21-15(17)20/h11-14,18-19H,1,4-9H2,2-3H3/t11?,12-,13+,14?,16?,17?/m0/s1. The Balaban J connectivity index is 2.17. The minimum absolute atomic E-state index is 0.0190. The third kappa shape index (κ3) is 1.72. The van der Waals surface area contributed by atoms with Crippen molar-refractivity contribution in [2.24, 2.45) is 22.7 Å². The number of ether oxygens (including phenoxy) is 1. The molecular formula is C17H26O4. The second-order valence-corrected chi connectivity index (χ2v) is 7.33. The molecule has 118 valence electrons. The molecule has 0 bridgehead atoms. The first kappa shape index (κ1) is 15.0. The van der Waals surface area contributed by atoms with Crippen LogP contribution in [0.5, 0.6) is 0 Å². The predicted octanol–water partition coefficient (Wildman–Crippen LogP) is 2.04. The number of carbonyl (C=O) groups excluding carboxylic acids is 1. The van der Waals surface area contributed by atoms with Crippen LogP contribution >= 0.6 is 0 Å². The fourth-order valence-corrected chi connectivity index (χ4v) is 5.49. The van der Waals surface area contributed by atoms with E-state index in [0.717, 1.165) is 24.8 Å². The zero-order chi connectivity index (χ0) is 15.4. The molecule has 1 saturated heterocycles. The summed E-state index contributed by atoms with van der Waals surface area (Å²) < 4.78 is 5.35. The maximum atomic E-state index is 12.7. The third-order valence-corrected chi connectivity index (χ3v) is 6.60. The molecule has 1 spiro atoms. The van der Waals surface area contributed by atoms with Gasteiger partial charge in [-0.15, -0.1) is 0 Å². The van der Waals surface area contributed by atoms with Crippen molar-refractivity contribution in [1.29, 1.82) is 0 Å². The highest BCUT2D eigenvalue weighted by molar-refractivity contribution is 5.80. The average molecular weight is 294 g/mol. The Kier molecular flexibility index (Phi) is 3.45. The van der Waals surface area contributed by atoms with Crippen LogP contribution in [0.2, 0.25) is 0 Å². The second kappa shape index (κ2) is 4.82. The molecular weight excluding hydrogens is 268 g/mol. The summed E-state index contributed by atoms with van der Waals surface area (Å²) in [6, 6.07) is 0. The van der Waals surface area contributed by atoms with Gasteiger partial charge in [-0.3, -0.25) is 4.79 Å². The molecule has 0 aromatic carbocycles. The predicted molar refractivity (Wildman–Crippen MR) is 78.4 cm³/mol. The summed E-state index contributed by atoms with van der Waals surface area (Å²) in [5.74, 6) is -0.565. The van der Waals surface area contributed by atoms with Gasteiger partial charge in [0.25, 0.3) is 0 Å². The lowest BCUT2D eigenvalue weighted by molar-refractivity contribution is -0.212. The number of aliphatic hydroxyl groups is 2. The highest BCUT2D eigenvalue weighted by atomic mass is 16.5. The number of fused-ring (bicyclic) bond motifs is 2. The van der Waals surface area contributed by atoms with E-state index in [2.05, 4.69) is 6.58 Å². The van der Waals surface area contributed by atoms with Gasteiger partial charge in [0.2, 0.25) is 0 Å². The Bertz CT molecular complexity index is 467. The zero-order valence-electron chi connectivity index (χ0n) is 13.0. The monoisotopic (exact) mass is 294 g/mol. The molecule has 3 fully saturated rings. The van der Waals surface area contributed by atoms with E-state index in [1.54, 1.807) is 0 Å². The maximum absolute atomic E-state index is 12.7. The van der Waals surface area contributed by atoms with Crippen molar-refractivity contribution >= 4 is 5.97 Å². The normalized spacial score (nSPS) is 49.8. The van der Waals surface area contributed by atoms with Gasteiger partial charge >= 0.3 is 5.97 Å². The highest BCUT2D eigenvalue weighted by Gasteiger charge is 2.69. The van der Waals surface area contributed by atoms with Gasteiger partial charge in [-0.25, -0.2) is 0 Å². The molecule has 3 rings (SSSR count). The molecule has 1 heterocycles. The van der Waals surface area contributed by atoms with Gasteiger partial charge in [0.15, 0.2) is 0 Å². The van der Waals surface area contributed by atoms with Crippen LogP contribution in [0.25, 0.3) is 0 Å². The molecule has 4 heteroatoms. The van der Waals surface area contributed by atoms with Gasteiger partial charge in [-0.2, -0.15) is 0 Å². The molecule has 6 atom stereocenters. The lowest BCUT2D eigenvalue weighted by Gasteiger charge is -2.57. The van der Waals surface area contributed by atoms with E-state index in [0.29, 0.717) is 12.8 Å². The van der Waals surface area contributed by atoms with Gasteiger partial charge in [-0.05, 0) is 43.9 Å². The quantitative estimate of drug-likeness (QED) is 0.574. The molecule has 0 radical (unpaired) electrons. The summed E-state index contributed by atoms with van der Waals surface area (Å²) in [7, 11) is 0. The summed E-state index contributed by atoms with van der Waals surface area (Å²) in [6.07, 6.45) is 2.49. The van der Waals surface area contributed by atoms with E-state index < -0.39 is 17.6 Å². The van der Waals surface area contributed by atoms with Crippen molar-refractivity contribution in [2.75, 3.05) is 6.61 Å². The number of cyclic esters (lactones) is 1. The highest BCUT2D eigenvalue weighted by Crippen LogP contribution is 2.66. The average Bonchev–Trinajstić information content (AvgIpc) is 2.77. The first-order chi connectivity index (χ1) is 9.87. The number of hydrogen-bond donors (Lipinski definition) is 2. The molecule has 2 N–H and O–H groups in total. The Morgan fingerprint density at radius 3 is 2.57 bits per heavy atom. The summed E-state index contributed by atoms with van der Waals surface area (Å²) in [5, 5.41) is 21.4. The molecule has 4 nitrogen and oxygen atoms in total. The number of allylic oxidation sites excluding steroid dienone is 1. The van der Waals surface area contributed by atoms with Crippen LogP contribution in [-0.4, -0.2) is 35.0 Å². The van der Waals surface area contributed by atoms with Crippen LogP contribution in [0.3, 0.4) is 0 Å². The van der Waals surface area contributed by atoms with Gasteiger partial charge in [0, 0.05) is 12.3 Å². The minimum atomic E-state index is -0.967. The van der Waals surface area contributed by atoms with Crippen LogP contribution in [0.1, 0.15) is 46.0 Å². The minimum Gasteiger partial charge on any atom is -0.465 e. The fraction of sp³-hybridized carbons (Fsp3) is 0.824. The summed E-state index contributed by atoms with van der Waals surface area (Å²) in [6.45, 7) is 8.44. The molecule has 21 heavy (non-hydrogen) atoms. The molecule has 4 unspecified atom stereocenters. The third-order valence-electron chi connectivity index (χ3n) is 6.60. The van der Waals surface area contributed by atoms with Gasteiger partial charge in [0.1, 0.15) is 5.41 Å². The first-order valence-corrected chi connectivity index (χ1v) is 8.06. The number of aliphatic hydroxyl groups excluding tert-OH is 2. The van der Waals surface area contributed by atoms with Crippen molar-refractivity contribution < 1.29 is 19.7 Å². The summed E-state index contributed by atoms with van der Waals surface area (Å²) in [4.78, 5) is 12.7. The van der Waals surface area contributed by atoms with E-state index in [4.69, 9.17) is 4.74 Å². The van der Waals surface area contributed by atoms with Crippen LogP contribution in [-0.2, 0) is 9.53 Å². The second-order valence-electron chi connectivity index (χ2n) is 7.33. The van der Waals surface area contributed by atoms with Crippen molar-refractivity contribution in [3.8, 4) is 0 Å². The smallest absolute Gasteiger partial charge is 0.315 e. The number of esters is 1. The fourth-order valence-electron chi connectivity index (χ4n) is 5.49. The van der Waals surface area contributed by atoms with Gasteiger partial charge in [-0.1, -0.05) is 19.1 Å². The molecule has 3 aliphatic rings. The largest absolute Gasteiger partial charge is 0.465 e. The lowest BCUT2D eigenvalue weighted by Crippen LogP contribution is -2.64. The van der Waals surface area contributed by atoms with Crippen LogP contribution in [0.4, 0.5) is 0 Å². The van der Waals surface area contributed by atoms with E-state index in [-0.39, 0.29) is 29.8 Å². The van der Waals surface area contributed by atoms with Crippen molar-refractivity contribution in [3.63, 3.8) is 0 Å². The van der Waals surface area contributed by atoms with Crippen molar-refractivity contribution in [3.05, 3.63) is 12.2 Å². The van der Waals surface area contributed by atoms with Crippen LogP contribution < -0.4 is 0 Å². The molecule has 0 aromatic heterocycles. The van der Waals surface area contributed by atoms with Gasteiger partial charge < -0.3 is 14.9 Å². The number of rotatable bonds is 1. The topological polar surface area (TPSA) is 66.8 Å². The molecule has 2 saturated carbocycles. The summed E-state index contributed by atoms with van der Waals surface area (Å²) in [5.41, 5.74) is -0.171. The van der Waals surface area contributed by atoms with Crippen LogP contribution in [0, 0.1) is 22.7 Å².